The average molecular weight is 449 g/mol. The third-order valence-electron chi connectivity index (χ3n) is 4.25. The van der Waals surface area contributed by atoms with E-state index in [1.807, 2.05) is 5.38 Å². The fraction of sp³-hybridized carbons (Fsp3) is 0.375. The van der Waals surface area contributed by atoms with Crippen LogP contribution in [-0.4, -0.2) is 59.3 Å². The van der Waals surface area contributed by atoms with E-state index < -0.39 is 40.7 Å². The van der Waals surface area contributed by atoms with Crippen molar-refractivity contribution in [1.82, 2.24) is 10.2 Å². The Labute approximate surface area is 196 Å². The number of fused-ring (bicyclic) bond motifs is 1. The molecule has 13 heteroatoms. The second-order valence-electron chi connectivity index (χ2n) is 5.93. The van der Waals surface area contributed by atoms with Crippen LogP contribution in [0.4, 0.5) is 4.79 Å². The fourth-order valence-corrected chi connectivity index (χ4v) is 5.15. The molecule has 0 radical (unpaired) electrons. The van der Waals surface area contributed by atoms with Gasteiger partial charge in [0.25, 0.3) is 11.6 Å². The van der Waals surface area contributed by atoms with Gasteiger partial charge in [0.05, 0.1) is 18.1 Å². The summed E-state index contributed by atoms with van der Waals surface area (Å²) in [5.74, 6) is -2.66. The Morgan fingerprint density at radius 2 is 2.17 bits per heavy atom. The molecule has 0 aliphatic carbocycles. The predicted molar refractivity (Wildman–Crippen MR) is 96.6 cm³/mol. The zero-order chi connectivity index (χ0) is 20.5. The number of ether oxygens (including phenoxy) is 2. The molecule has 1 aromatic rings. The molecular weight excluding hydrogens is 433 g/mol. The van der Waals surface area contributed by atoms with Crippen LogP contribution in [0.2, 0.25) is 0 Å². The number of nitrogens with one attached hydrogen (secondary N) is 1. The van der Waals surface area contributed by atoms with E-state index >= 15 is 0 Å². The van der Waals surface area contributed by atoms with Crippen LogP contribution < -0.4 is 45.7 Å². The van der Waals surface area contributed by atoms with Crippen molar-refractivity contribution in [3.05, 3.63) is 33.7 Å². The Hall–Kier alpha value is -1.57. The third-order valence-corrected chi connectivity index (χ3v) is 6.50. The van der Waals surface area contributed by atoms with Crippen LogP contribution in [0.25, 0.3) is 0 Å². The van der Waals surface area contributed by atoms with E-state index in [2.05, 4.69) is 10.1 Å². The van der Waals surface area contributed by atoms with Crippen molar-refractivity contribution < 1.29 is 63.3 Å². The number of amides is 3. The van der Waals surface area contributed by atoms with Gasteiger partial charge in [-0.25, -0.2) is 4.79 Å². The van der Waals surface area contributed by atoms with E-state index in [0.717, 1.165) is 9.78 Å². The quantitative estimate of drug-likeness (QED) is 0.241. The molecule has 29 heavy (non-hydrogen) atoms. The van der Waals surface area contributed by atoms with E-state index in [0.29, 0.717) is 0 Å². The minimum Gasteiger partial charge on any atom is -0.543 e. The van der Waals surface area contributed by atoms with Crippen LogP contribution in [0.5, 0.6) is 0 Å². The molecular formula is C16H16N3NaO7S2. The first kappa shape index (κ1) is 23.7. The van der Waals surface area contributed by atoms with Crippen molar-refractivity contribution in [2.45, 2.75) is 17.5 Å². The van der Waals surface area contributed by atoms with Crippen molar-refractivity contribution in [2.24, 2.45) is 5.73 Å². The van der Waals surface area contributed by atoms with Gasteiger partial charge in [-0.1, -0.05) is 6.07 Å². The standard InChI is InChI=1S/C16H17N3O7S2.Na/c1-25-16(18-10(20)5-9-3-2-4-27-9)13(23)19-11(12(21)22)8(6-26-15(17)24)7-28-14(16)19;/h2-4,14H,5-7H2,1H3,(H2,17,24)(H,18,20)(H,21,22);/q;+1/p-1/t14-,16-;/m0./s1. The molecule has 10 nitrogen and oxygen atoms in total. The Morgan fingerprint density at radius 1 is 1.45 bits per heavy atom. The number of thiophene rings is 1. The maximum atomic E-state index is 12.8. The number of rotatable bonds is 7. The number of carboxylic acids is 1. The van der Waals surface area contributed by atoms with Crippen LogP contribution in [-0.2, 0) is 30.3 Å². The first-order chi connectivity index (χ1) is 13.3. The molecule has 1 saturated heterocycles. The molecule has 0 spiro atoms. The number of aliphatic carboxylic acids is 1. The van der Waals surface area contributed by atoms with Crippen LogP contribution >= 0.6 is 23.1 Å². The second-order valence-corrected chi connectivity index (χ2v) is 8.03. The van der Waals surface area contributed by atoms with Crippen LogP contribution in [0.3, 0.4) is 0 Å². The van der Waals surface area contributed by atoms with E-state index in [9.17, 15) is 24.3 Å². The molecule has 1 aromatic heterocycles. The predicted octanol–water partition coefficient (Wildman–Crippen LogP) is -4.23. The number of hydrogen-bond acceptors (Lipinski definition) is 9. The van der Waals surface area contributed by atoms with Gasteiger partial charge in [-0.05, 0) is 11.4 Å². The molecule has 2 atom stereocenters. The van der Waals surface area contributed by atoms with E-state index in [-0.39, 0.29) is 53.9 Å². The number of nitrogens with zero attached hydrogens (tertiary/aromatic N) is 1. The topological polar surface area (TPSA) is 151 Å². The van der Waals surface area contributed by atoms with Crippen LogP contribution in [0.15, 0.2) is 28.8 Å². The van der Waals surface area contributed by atoms with Gasteiger partial charge in [-0.3, -0.25) is 14.5 Å². The molecule has 3 N–H and O–H groups in total. The van der Waals surface area contributed by atoms with Crippen molar-refractivity contribution in [3.63, 3.8) is 0 Å². The SMILES string of the molecule is CO[C@@]1(NC(=O)Cc2cccs2)C(=O)N2C(C(=O)[O-])=C(COC(N)=O)CS[C@H]21.[Na+]. The summed E-state index contributed by atoms with van der Waals surface area (Å²) in [6, 6.07) is 3.59. The monoisotopic (exact) mass is 449 g/mol. The molecule has 0 bridgehead atoms. The molecule has 1 fully saturated rings. The van der Waals surface area contributed by atoms with Crippen molar-refractivity contribution in [2.75, 3.05) is 19.5 Å². The number of carboxylic acid groups (broad SMARTS) is 1. The molecule has 2 aliphatic rings. The smallest absolute Gasteiger partial charge is 0.543 e. The summed E-state index contributed by atoms with van der Waals surface area (Å²) < 4.78 is 9.97. The largest absolute Gasteiger partial charge is 1.00 e. The number of β-lactam (4-membered cyclic amide) rings is 1. The summed E-state index contributed by atoms with van der Waals surface area (Å²) in [6.45, 7) is -0.382. The minimum absolute atomic E-state index is 0. The van der Waals surface area contributed by atoms with E-state index in [1.165, 1.54) is 30.2 Å². The molecule has 3 rings (SSSR count). The van der Waals surface area contributed by atoms with Crippen LogP contribution in [0, 0.1) is 0 Å². The number of thioether (sulfide) groups is 1. The molecule has 0 saturated carbocycles. The minimum atomic E-state index is -1.68. The third kappa shape index (κ3) is 4.47. The molecule has 150 valence electrons. The van der Waals surface area contributed by atoms with Gasteiger partial charge in [-0.2, -0.15) is 0 Å². The molecule has 0 aromatic carbocycles. The van der Waals surface area contributed by atoms with Gasteiger partial charge in [0.2, 0.25) is 5.91 Å². The Bertz CT molecular complexity index is 861. The van der Waals surface area contributed by atoms with Gasteiger partial charge < -0.3 is 30.4 Å². The van der Waals surface area contributed by atoms with Crippen molar-refractivity contribution in [1.29, 1.82) is 0 Å². The van der Waals surface area contributed by atoms with Crippen LogP contribution in [0.1, 0.15) is 4.88 Å². The average Bonchev–Trinajstić information content (AvgIpc) is 3.15. The van der Waals surface area contributed by atoms with Gasteiger partial charge in [0, 0.05) is 23.3 Å². The first-order valence-electron chi connectivity index (χ1n) is 7.99. The molecule has 0 unspecified atom stereocenters. The first-order valence-corrected chi connectivity index (χ1v) is 9.92. The second kappa shape index (κ2) is 9.49. The summed E-state index contributed by atoms with van der Waals surface area (Å²) in [6.07, 6.45) is -1.01. The molecule has 3 amide bonds. The number of primary amides is 1. The zero-order valence-corrected chi connectivity index (χ0v) is 19.3. The normalized spacial score (nSPS) is 22.9. The van der Waals surface area contributed by atoms with E-state index in [1.54, 1.807) is 12.1 Å². The Balaban J connectivity index is 0.00000300. The van der Waals surface area contributed by atoms with Gasteiger partial charge in [-0.15, -0.1) is 23.1 Å². The number of carbonyl (C=O) groups is 4. The maximum absolute atomic E-state index is 12.8. The van der Waals surface area contributed by atoms with Gasteiger partial charge >= 0.3 is 35.7 Å². The summed E-state index contributed by atoms with van der Waals surface area (Å²) in [5.41, 5.74) is 2.99. The number of nitrogens with two attached hydrogens (primary N) is 1. The summed E-state index contributed by atoms with van der Waals surface area (Å²) >= 11 is 2.57. The number of methoxy groups -OCH3 is 1. The summed E-state index contributed by atoms with van der Waals surface area (Å²) in [5, 5.41) is 15.2. The van der Waals surface area contributed by atoms with Gasteiger partial charge in [0.1, 0.15) is 12.0 Å². The fourth-order valence-electron chi connectivity index (χ4n) is 3.02. The van der Waals surface area contributed by atoms with Crippen molar-refractivity contribution >= 4 is 47.0 Å². The summed E-state index contributed by atoms with van der Waals surface area (Å²) in [7, 11) is 1.26. The maximum Gasteiger partial charge on any atom is 1.00 e. The van der Waals surface area contributed by atoms with Crippen molar-refractivity contribution in [3.8, 4) is 0 Å². The molecule has 2 aliphatic heterocycles. The number of carbonyl (C=O) groups excluding carboxylic acids is 4. The Morgan fingerprint density at radius 3 is 2.72 bits per heavy atom. The Kier molecular flexibility index (Phi) is 7.76. The zero-order valence-electron chi connectivity index (χ0n) is 15.6. The summed E-state index contributed by atoms with van der Waals surface area (Å²) in [4.78, 5) is 49.4. The number of hydrogen-bond donors (Lipinski definition) is 2. The van der Waals surface area contributed by atoms with E-state index in [4.69, 9.17) is 10.5 Å². The van der Waals surface area contributed by atoms with Gasteiger partial charge in [0.15, 0.2) is 0 Å². The molecule has 3 heterocycles.